The average Bonchev–Trinajstić information content (AvgIpc) is 3.35. The number of aromatic nitrogens is 2. The number of hydrogen-bond acceptors (Lipinski definition) is 4. The minimum absolute atomic E-state index is 0.0611. The second-order valence-electron chi connectivity index (χ2n) is 7.76. The molecule has 0 atom stereocenters. The van der Waals surface area contributed by atoms with Crippen LogP contribution in [0.2, 0.25) is 0 Å². The zero-order chi connectivity index (χ0) is 21.2. The van der Waals surface area contributed by atoms with Crippen LogP contribution in [-0.2, 0) is 0 Å². The molecule has 1 aromatic heterocycles. The van der Waals surface area contributed by atoms with Crippen LogP contribution in [0.4, 0.5) is 5.69 Å². The lowest BCUT2D eigenvalue weighted by Gasteiger charge is -2.19. The van der Waals surface area contributed by atoms with E-state index in [1.807, 2.05) is 73.7 Å². The van der Waals surface area contributed by atoms with Crippen LogP contribution in [0.25, 0.3) is 28.0 Å². The summed E-state index contributed by atoms with van der Waals surface area (Å²) < 4.78 is 7.29. The van der Waals surface area contributed by atoms with Gasteiger partial charge in [-0.2, -0.15) is 0 Å². The quantitative estimate of drug-likeness (QED) is 0.461. The van der Waals surface area contributed by atoms with Gasteiger partial charge < -0.3 is 9.64 Å². The lowest BCUT2D eigenvalue weighted by Crippen LogP contribution is -2.23. The molecule has 1 aliphatic heterocycles. The van der Waals surface area contributed by atoms with E-state index in [2.05, 4.69) is 11.0 Å². The van der Waals surface area contributed by atoms with Gasteiger partial charge in [0.15, 0.2) is 0 Å². The van der Waals surface area contributed by atoms with Gasteiger partial charge in [-0.25, -0.2) is 4.98 Å². The second-order valence-corrected chi connectivity index (χ2v) is 7.76. The van der Waals surface area contributed by atoms with E-state index >= 15 is 0 Å². The van der Waals surface area contributed by atoms with Gasteiger partial charge in [0, 0.05) is 24.3 Å². The summed E-state index contributed by atoms with van der Waals surface area (Å²) in [6.07, 6.45) is 2.39. The Morgan fingerprint density at radius 1 is 0.903 bits per heavy atom. The summed E-state index contributed by atoms with van der Waals surface area (Å²) in [5, 5.41) is 0.637. The summed E-state index contributed by atoms with van der Waals surface area (Å²) in [4.78, 5) is 21.0. The van der Waals surface area contributed by atoms with E-state index < -0.39 is 0 Å². The first-order chi connectivity index (χ1) is 15.2. The van der Waals surface area contributed by atoms with Crippen molar-refractivity contribution in [1.82, 2.24) is 9.55 Å². The van der Waals surface area contributed by atoms with E-state index in [0.29, 0.717) is 23.3 Å². The van der Waals surface area contributed by atoms with Gasteiger partial charge in [-0.1, -0.05) is 30.3 Å². The Morgan fingerprint density at radius 3 is 2.32 bits per heavy atom. The van der Waals surface area contributed by atoms with E-state index in [-0.39, 0.29) is 5.56 Å². The molecule has 5 heteroatoms. The molecule has 0 bridgehead atoms. The van der Waals surface area contributed by atoms with Gasteiger partial charge in [0.25, 0.3) is 5.56 Å². The van der Waals surface area contributed by atoms with Crippen molar-refractivity contribution in [2.24, 2.45) is 0 Å². The van der Waals surface area contributed by atoms with E-state index in [1.54, 1.807) is 4.57 Å². The van der Waals surface area contributed by atoms with Crippen molar-refractivity contribution in [3.63, 3.8) is 0 Å². The highest BCUT2D eigenvalue weighted by Crippen LogP contribution is 2.27. The van der Waals surface area contributed by atoms with Crippen LogP contribution in [0, 0.1) is 0 Å². The first-order valence-electron chi connectivity index (χ1n) is 10.8. The van der Waals surface area contributed by atoms with Crippen molar-refractivity contribution in [1.29, 1.82) is 0 Å². The standard InChI is InChI=1S/C26H25N3O2/c1-2-31-22-13-10-20(11-14-22)29-25(19-8-4-3-5-9-19)27-24-15-12-21(18-23(24)26(29)30)28-16-6-7-17-28/h3-5,8-15,18H,2,6-7,16-17H2,1H3. The SMILES string of the molecule is CCOc1ccc(-n2c(-c3ccccc3)nc3ccc(N4CCCC4)cc3c2=O)cc1. The molecule has 0 N–H and O–H groups in total. The Bertz CT molecular complexity index is 1260. The van der Waals surface area contributed by atoms with E-state index in [4.69, 9.17) is 9.72 Å². The summed E-state index contributed by atoms with van der Waals surface area (Å²) in [6, 6.07) is 23.5. The molecule has 1 saturated heterocycles. The van der Waals surface area contributed by atoms with Crippen molar-refractivity contribution >= 4 is 16.6 Å². The van der Waals surface area contributed by atoms with E-state index in [1.165, 1.54) is 12.8 Å². The minimum atomic E-state index is -0.0611. The molecule has 1 aliphatic rings. The van der Waals surface area contributed by atoms with E-state index in [9.17, 15) is 4.79 Å². The second kappa shape index (κ2) is 8.26. The average molecular weight is 412 g/mol. The molecular formula is C26H25N3O2. The largest absolute Gasteiger partial charge is 0.494 e. The van der Waals surface area contributed by atoms with Crippen LogP contribution in [-0.4, -0.2) is 29.2 Å². The molecule has 0 amide bonds. The van der Waals surface area contributed by atoms with Gasteiger partial charge >= 0.3 is 0 Å². The van der Waals surface area contributed by atoms with Gasteiger partial charge in [-0.3, -0.25) is 9.36 Å². The maximum atomic E-state index is 13.8. The molecule has 31 heavy (non-hydrogen) atoms. The molecule has 2 heterocycles. The van der Waals surface area contributed by atoms with Crippen LogP contribution >= 0.6 is 0 Å². The molecule has 5 rings (SSSR count). The third-order valence-corrected chi connectivity index (χ3v) is 5.76. The number of ether oxygens (including phenoxy) is 1. The van der Waals surface area contributed by atoms with Crippen LogP contribution < -0.4 is 15.2 Å². The predicted octanol–water partition coefficient (Wildman–Crippen LogP) is 5.05. The summed E-state index contributed by atoms with van der Waals surface area (Å²) in [5.41, 5.74) is 3.42. The van der Waals surface area contributed by atoms with Crippen LogP contribution in [0.1, 0.15) is 19.8 Å². The maximum Gasteiger partial charge on any atom is 0.266 e. The number of benzene rings is 3. The highest BCUT2D eigenvalue weighted by molar-refractivity contribution is 5.84. The normalized spacial score (nSPS) is 13.6. The van der Waals surface area contributed by atoms with Gasteiger partial charge in [0.2, 0.25) is 0 Å². The van der Waals surface area contributed by atoms with Crippen molar-refractivity contribution in [3.8, 4) is 22.8 Å². The Hall–Kier alpha value is -3.60. The molecule has 0 saturated carbocycles. The lowest BCUT2D eigenvalue weighted by molar-refractivity contribution is 0.340. The van der Waals surface area contributed by atoms with Crippen molar-refractivity contribution in [2.75, 3.05) is 24.6 Å². The van der Waals surface area contributed by atoms with Crippen LogP contribution in [0.5, 0.6) is 5.75 Å². The maximum absolute atomic E-state index is 13.8. The highest BCUT2D eigenvalue weighted by atomic mass is 16.5. The number of rotatable bonds is 5. The van der Waals surface area contributed by atoms with Crippen molar-refractivity contribution in [3.05, 3.63) is 83.2 Å². The molecule has 0 unspecified atom stereocenters. The van der Waals surface area contributed by atoms with Crippen molar-refractivity contribution in [2.45, 2.75) is 19.8 Å². The number of nitrogens with zero attached hydrogens (tertiary/aromatic N) is 3. The third kappa shape index (κ3) is 3.67. The zero-order valence-electron chi connectivity index (χ0n) is 17.6. The Balaban J connectivity index is 1.73. The van der Waals surface area contributed by atoms with Gasteiger partial charge in [0.1, 0.15) is 11.6 Å². The smallest absolute Gasteiger partial charge is 0.266 e. The molecule has 0 aliphatic carbocycles. The monoisotopic (exact) mass is 411 g/mol. The van der Waals surface area contributed by atoms with E-state index in [0.717, 1.165) is 35.8 Å². The number of hydrogen-bond donors (Lipinski definition) is 0. The molecule has 1 fully saturated rings. The lowest BCUT2D eigenvalue weighted by atomic mass is 10.1. The topological polar surface area (TPSA) is 47.4 Å². The van der Waals surface area contributed by atoms with Gasteiger partial charge in [0.05, 0.1) is 23.2 Å². The predicted molar refractivity (Wildman–Crippen MR) is 125 cm³/mol. The molecule has 0 spiro atoms. The Labute approximate surface area is 181 Å². The summed E-state index contributed by atoms with van der Waals surface area (Å²) in [5.74, 6) is 1.42. The fourth-order valence-electron chi connectivity index (χ4n) is 4.22. The van der Waals surface area contributed by atoms with Gasteiger partial charge in [-0.15, -0.1) is 0 Å². The van der Waals surface area contributed by atoms with Crippen LogP contribution in [0.3, 0.4) is 0 Å². The molecule has 156 valence electrons. The number of anilines is 1. The Kier molecular flexibility index (Phi) is 5.16. The first-order valence-corrected chi connectivity index (χ1v) is 10.8. The molecular weight excluding hydrogens is 386 g/mol. The first kappa shape index (κ1) is 19.4. The molecule has 5 nitrogen and oxygen atoms in total. The van der Waals surface area contributed by atoms with Gasteiger partial charge in [-0.05, 0) is 62.2 Å². The highest BCUT2D eigenvalue weighted by Gasteiger charge is 2.17. The molecule has 0 radical (unpaired) electrons. The fraction of sp³-hybridized carbons (Fsp3) is 0.231. The third-order valence-electron chi connectivity index (χ3n) is 5.76. The summed E-state index contributed by atoms with van der Waals surface area (Å²) in [6.45, 7) is 4.63. The molecule has 4 aromatic rings. The summed E-state index contributed by atoms with van der Waals surface area (Å²) >= 11 is 0. The minimum Gasteiger partial charge on any atom is -0.494 e. The van der Waals surface area contributed by atoms with Crippen LogP contribution in [0.15, 0.2) is 77.6 Å². The van der Waals surface area contributed by atoms with Crippen molar-refractivity contribution < 1.29 is 4.74 Å². The zero-order valence-corrected chi connectivity index (χ0v) is 17.6. The molecule has 3 aromatic carbocycles. The summed E-state index contributed by atoms with van der Waals surface area (Å²) in [7, 11) is 0. The number of fused-ring (bicyclic) bond motifs is 1. The Morgan fingerprint density at radius 2 is 1.61 bits per heavy atom. The fourth-order valence-corrected chi connectivity index (χ4v) is 4.22.